The van der Waals surface area contributed by atoms with Crippen molar-refractivity contribution in [2.24, 2.45) is 0 Å². The molecule has 2 aromatic carbocycles. The molecule has 0 saturated carbocycles. The molecule has 0 aliphatic rings. The van der Waals surface area contributed by atoms with Gasteiger partial charge in [0.1, 0.15) is 6.29 Å². The number of anilines is 2. The van der Waals surface area contributed by atoms with Gasteiger partial charge < -0.3 is 9.62 Å². The van der Waals surface area contributed by atoms with E-state index in [1.807, 2.05) is 41.9 Å². The summed E-state index contributed by atoms with van der Waals surface area (Å²) in [6, 6.07) is 13.0. The van der Waals surface area contributed by atoms with Crippen LogP contribution in [-0.4, -0.2) is 42.9 Å². The minimum atomic E-state index is -0.235. The average Bonchev–Trinajstić information content (AvgIpc) is 2.73. The summed E-state index contributed by atoms with van der Waals surface area (Å²) in [5.74, 6) is -0.235. The molecular formula is C21H27N3O2S2. The smallest absolute Gasteiger partial charge is 0.257 e. The summed E-state index contributed by atoms with van der Waals surface area (Å²) in [6.07, 6.45) is 3.80. The first kappa shape index (κ1) is 22.3. The third-order valence-corrected chi connectivity index (χ3v) is 6.11. The molecular weight excluding hydrogens is 390 g/mol. The number of carbonyl (C=O) groups is 2. The van der Waals surface area contributed by atoms with Crippen LogP contribution in [0.2, 0.25) is 0 Å². The first-order valence-corrected chi connectivity index (χ1v) is 11.2. The molecule has 2 aromatic rings. The van der Waals surface area contributed by atoms with Gasteiger partial charge in [-0.25, -0.2) is 4.31 Å². The summed E-state index contributed by atoms with van der Waals surface area (Å²) < 4.78 is 4.21. The molecule has 0 saturated heterocycles. The van der Waals surface area contributed by atoms with Crippen LogP contribution in [-0.2, 0) is 0 Å². The van der Waals surface area contributed by atoms with Crippen molar-refractivity contribution >= 4 is 47.5 Å². The van der Waals surface area contributed by atoms with Crippen LogP contribution in [0.5, 0.6) is 0 Å². The van der Waals surface area contributed by atoms with Gasteiger partial charge in [0, 0.05) is 42.5 Å². The van der Waals surface area contributed by atoms with E-state index in [1.54, 1.807) is 30.1 Å². The number of hydrogen-bond acceptors (Lipinski definition) is 6. The Morgan fingerprint density at radius 1 is 1.14 bits per heavy atom. The SMILES string of the molecule is CCCN(CC)Sc1ccc(NC(=O)c2cc(C=O)ccc2N(C)SC)cc1. The number of hydrogen-bond donors (Lipinski definition) is 1. The molecule has 0 bridgehead atoms. The second-order valence-electron chi connectivity index (χ2n) is 6.17. The molecule has 1 amide bonds. The molecule has 1 N–H and O–H groups in total. The van der Waals surface area contributed by atoms with Crippen molar-refractivity contribution in [3.8, 4) is 0 Å². The van der Waals surface area contributed by atoms with Crippen LogP contribution in [0, 0.1) is 0 Å². The minimum Gasteiger partial charge on any atom is -0.322 e. The van der Waals surface area contributed by atoms with Crippen LogP contribution in [0.15, 0.2) is 47.4 Å². The third-order valence-electron chi connectivity index (χ3n) is 4.19. The van der Waals surface area contributed by atoms with E-state index in [2.05, 4.69) is 23.5 Å². The normalized spacial score (nSPS) is 10.8. The fourth-order valence-electron chi connectivity index (χ4n) is 2.65. The lowest BCUT2D eigenvalue weighted by atomic mass is 10.1. The predicted octanol–water partition coefficient (Wildman–Crippen LogP) is 5.20. The Morgan fingerprint density at radius 2 is 1.86 bits per heavy atom. The van der Waals surface area contributed by atoms with E-state index in [0.29, 0.717) is 11.1 Å². The molecule has 2 rings (SSSR count). The van der Waals surface area contributed by atoms with Crippen molar-refractivity contribution < 1.29 is 9.59 Å². The molecule has 0 aliphatic heterocycles. The van der Waals surface area contributed by atoms with Crippen molar-refractivity contribution in [2.75, 3.05) is 36.0 Å². The number of carbonyl (C=O) groups excluding carboxylic acids is 2. The van der Waals surface area contributed by atoms with E-state index in [0.717, 1.165) is 42.1 Å². The van der Waals surface area contributed by atoms with Gasteiger partial charge in [0.25, 0.3) is 5.91 Å². The Labute approximate surface area is 176 Å². The standard InChI is InChI=1S/C21H27N3O2S2/c1-5-13-24(6-2)28-18-10-8-17(9-11-18)22-21(26)19-14-16(15-25)7-12-20(19)23(3)27-4/h7-12,14-15H,5-6,13H2,1-4H3,(H,22,26). The lowest BCUT2D eigenvalue weighted by Gasteiger charge is -2.20. The van der Waals surface area contributed by atoms with Crippen molar-refractivity contribution in [1.29, 1.82) is 0 Å². The van der Waals surface area contributed by atoms with Gasteiger partial charge in [-0.15, -0.1) is 0 Å². The Balaban J connectivity index is 2.15. The highest BCUT2D eigenvalue weighted by molar-refractivity contribution is 7.99. The van der Waals surface area contributed by atoms with Gasteiger partial charge in [-0.2, -0.15) is 0 Å². The van der Waals surface area contributed by atoms with E-state index in [-0.39, 0.29) is 5.91 Å². The highest BCUT2D eigenvalue weighted by atomic mass is 32.2. The molecule has 0 fully saturated rings. The van der Waals surface area contributed by atoms with Gasteiger partial charge in [0.05, 0.1) is 11.3 Å². The van der Waals surface area contributed by atoms with Crippen LogP contribution in [0.3, 0.4) is 0 Å². The van der Waals surface area contributed by atoms with Crippen LogP contribution < -0.4 is 9.62 Å². The largest absolute Gasteiger partial charge is 0.322 e. The van der Waals surface area contributed by atoms with E-state index in [9.17, 15) is 9.59 Å². The monoisotopic (exact) mass is 417 g/mol. The molecule has 28 heavy (non-hydrogen) atoms. The van der Waals surface area contributed by atoms with E-state index < -0.39 is 0 Å². The summed E-state index contributed by atoms with van der Waals surface area (Å²) in [5.41, 5.74) is 2.44. The van der Waals surface area contributed by atoms with Crippen LogP contribution >= 0.6 is 23.9 Å². The molecule has 0 atom stereocenters. The molecule has 7 heteroatoms. The summed E-state index contributed by atoms with van der Waals surface area (Å²) in [4.78, 5) is 25.1. The van der Waals surface area contributed by atoms with E-state index in [1.165, 1.54) is 11.9 Å². The van der Waals surface area contributed by atoms with Crippen LogP contribution in [0.4, 0.5) is 11.4 Å². The first-order valence-electron chi connectivity index (χ1n) is 9.23. The summed E-state index contributed by atoms with van der Waals surface area (Å²) in [7, 11) is 1.89. The second-order valence-corrected chi connectivity index (χ2v) is 8.25. The zero-order valence-corrected chi connectivity index (χ0v) is 18.4. The summed E-state index contributed by atoms with van der Waals surface area (Å²) in [6.45, 7) is 6.34. The van der Waals surface area contributed by atoms with Crippen molar-refractivity contribution in [3.05, 3.63) is 53.6 Å². The first-order chi connectivity index (χ1) is 13.5. The molecule has 150 valence electrons. The van der Waals surface area contributed by atoms with Crippen molar-refractivity contribution in [1.82, 2.24) is 4.31 Å². The Bertz CT molecular complexity index is 797. The second kappa shape index (κ2) is 11.1. The van der Waals surface area contributed by atoms with Gasteiger partial charge >= 0.3 is 0 Å². The van der Waals surface area contributed by atoms with Crippen LogP contribution in [0.1, 0.15) is 41.0 Å². The number of nitrogens with zero attached hydrogens (tertiary/aromatic N) is 2. The van der Waals surface area contributed by atoms with Gasteiger partial charge in [-0.3, -0.25) is 9.59 Å². The van der Waals surface area contributed by atoms with Crippen molar-refractivity contribution in [2.45, 2.75) is 25.2 Å². The topological polar surface area (TPSA) is 52.7 Å². The van der Waals surface area contributed by atoms with Gasteiger partial charge in [0.2, 0.25) is 0 Å². The molecule has 0 aromatic heterocycles. The number of amides is 1. The maximum absolute atomic E-state index is 12.8. The zero-order valence-electron chi connectivity index (χ0n) is 16.8. The van der Waals surface area contributed by atoms with Gasteiger partial charge in [-0.1, -0.05) is 25.8 Å². The number of nitrogens with one attached hydrogen (secondary N) is 1. The maximum atomic E-state index is 12.8. The maximum Gasteiger partial charge on any atom is 0.257 e. The molecule has 0 aliphatic carbocycles. The number of benzene rings is 2. The highest BCUT2D eigenvalue weighted by Crippen LogP contribution is 2.27. The quantitative estimate of drug-likeness (QED) is 0.423. The van der Waals surface area contributed by atoms with E-state index in [4.69, 9.17) is 0 Å². The zero-order chi connectivity index (χ0) is 20.5. The molecule has 0 radical (unpaired) electrons. The van der Waals surface area contributed by atoms with Gasteiger partial charge in [0.15, 0.2) is 0 Å². The van der Waals surface area contributed by atoms with Crippen molar-refractivity contribution in [3.63, 3.8) is 0 Å². The van der Waals surface area contributed by atoms with Gasteiger partial charge in [-0.05, 0) is 60.8 Å². The third kappa shape index (κ3) is 6.02. The fourth-order valence-corrected chi connectivity index (χ4v) is 3.96. The van der Waals surface area contributed by atoms with E-state index >= 15 is 0 Å². The highest BCUT2D eigenvalue weighted by Gasteiger charge is 2.16. The number of aldehydes is 1. The Kier molecular flexibility index (Phi) is 8.89. The van der Waals surface area contributed by atoms with Crippen LogP contribution in [0.25, 0.3) is 0 Å². The molecule has 0 unspecified atom stereocenters. The lowest BCUT2D eigenvalue weighted by molar-refractivity contribution is 0.102. The fraction of sp³-hybridized carbons (Fsp3) is 0.333. The predicted molar refractivity (Wildman–Crippen MR) is 122 cm³/mol. The molecule has 5 nitrogen and oxygen atoms in total. The number of rotatable bonds is 10. The molecule has 0 spiro atoms. The minimum absolute atomic E-state index is 0.235. The summed E-state index contributed by atoms with van der Waals surface area (Å²) >= 11 is 3.22. The lowest BCUT2D eigenvalue weighted by Crippen LogP contribution is -2.17. The Morgan fingerprint density at radius 3 is 2.43 bits per heavy atom. The average molecular weight is 418 g/mol. The molecule has 0 heterocycles. The summed E-state index contributed by atoms with van der Waals surface area (Å²) in [5, 5.41) is 2.93. The Hall–Kier alpha value is -1.96.